The molecule has 1 N–H and O–H groups in total. The van der Waals surface area contributed by atoms with Gasteiger partial charge in [-0.1, -0.05) is 42.5 Å². The average Bonchev–Trinajstić information content (AvgIpc) is 2.38. The Morgan fingerprint density at radius 3 is 2.29 bits per heavy atom. The molecule has 2 rings (SSSR count). The summed E-state index contributed by atoms with van der Waals surface area (Å²) in [6.45, 7) is 0.0907. The van der Waals surface area contributed by atoms with Crippen molar-refractivity contribution in [2.75, 3.05) is 7.05 Å². The lowest BCUT2D eigenvalue weighted by atomic mass is 10.0. The molecule has 2 nitrogen and oxygen atoms in total. The van der Waals surface area contributed by atoms with Crippen LogP contribution in [0.4, 0.5) is 13.2 Å². The van der Waals surface area contributed by atoms with E-state index in [0.717, 1.165) is 0 Å². The Morgan fingerprint density at radius 2 is 1.71 bits per heavy atom. The van der Waals surface area contributed by atoms with E-state index in [4.69, 9.17) is 0 Å². The van der Waals surface area contributed by atoms with Crippen molar-refractivity contribution in [3.8, 4) is 5.75 Å². The van der Waals surface area contributed by atoms with Gasteiger partial charge in [-0.25, -0.2) is 0 Å². The lowest BCUT2D eigenvalue weighted by Gasteiger charge is -2.30. The summed E-state index contributed by atoms with van der Waals surface area (Å²) >= 11 is 0. The van der Waals surface area contributed by atoms with Gasteiger partial charge in [-0.2, -0.15) is 13.2 Å². The van der Waals surface area contributed by atoms with E-state index < -0.39 is 12.2 Å². The normalized spacial score (nSPS) is 13.4. The SMILES string of the molecule is CN(Cc1cccc(O)c1)[C@H](c1ccccc1)C(F)(F)F. The van der Waals surface area contributed by atoms with Crippen LogP contribution in [0, 0.1) is 0 Å². The summed E-state index contributed by atoms with van der Waals surface area (Å²) in [7, 11) is 1.43. The number of phenolic OH excluding ortho intramolecular Hbond substituents is 1. The lowest BCUT2D eigenvalue weighted by Crippen LogP contribution is -2.35. The van der Waals surface area contributed by atoms with Crippen molar-refractivity contribution in [1.29, 1.82) is 0 Å². The Bertz CT molecular complexity index is 584. The highest BCUT2D eigenvalue weighted by Crippen LogP contribution is 2.37. The molecule has 5 heteroatoms. The standard InChI is InChI=1S/C16H16F3NO/c1-20(11-12-6-5-9-14(21)10-12)15(16(17,18)19)13-7-3-2-4-8-13/h2-10,15,21H,11H2,1H3/t15-/m1/s1. The third kappa shape index (κ3) is 3.98. The number of halogens is 3. The summed E-state index contributed by atoms with van der Waals surface area (Å²) in [5.41, 5.74) is 0.829. The molecule has 0 fully saturated rings. The molecule has 2 aromatic rings. The van der Waals surface area contributed by atoms with E-state index >= 15 is 0 Å². The number of hydrogen-bond acceptors (Lipinski definition) is 2. The first-order chi connectivity index (χ1) is 9.88. The summed E-state index contributed by atoms with van der Waals surface area (Å²) < 4.78 is 40.0. The second-order valence-corrected chi connectivity index (χ2v) is 4.94. The Labute approximate surface area is 121 Å². The van der Waals surface area contributed by atoms with Gasteiger partial charge in [-0.3, -0.25) is 4.90 Å². The fourth-order valence-corrected chi connectivity index (χ4v) is 2.36. The molecule has 2 aromatic carbocycles. The molecule has 0 aromatic heterocycles. The number of phenols is 1. The van der Waals surface area contributed by atoms with Crippen LogP contribution in [0.1, 0.15) is 17.2 Å². The second kappa shape index (κ2) is 6.18. The molecule has 1 atom stereocenters. The van der Waals surface area contributed by atoms with Crippen LogP contribution in [0.25, 0.3) is 0 Å². The lowest BCUT2D eigenvalue weighted by molar-refractivity contribution is -0.184. The molecule has 0 saturated heterocycles. The Kier molecular flexibility index (Phi) is 4.53. The third-order valence-electron chi connectivity index (χ3n) is 3.21. The number of nitrogens with zero attached hydrogens (tertiary/aromatic N) is 1. The molecule has 0 aliphatic heterocycles. The smallest absolute Gasteiger partial charge is 0.408 e. The fourth-order valence-electron chi connectivity index (χ4n) is 2.36. The zero-order chi connectivity index (χ0) is 15.5. The van der Waals surface area contributed by atoms with Crippen molar-refractivity contribution >= 4 is 0 Å². The molecule has 21 heavy (non-hydrogen) atoms. The quantitative estimate of drug-likeness (QED) is 0.917. The number of aromatic hydroxyl groups is 1. The summed E-state index contributed by atoms with van der Waals surface area (Å²) in [4.78, 5) is 1.23. The Morgan fingerprint density at radius 1 is 1.05 bits per heavy atom. The van der Waals surface area contributed by atoms with Crippen molar-refractivity contribution < 1.29 is 18.3 Å². The monoisotopic (exact) mass is 295 g/mol. The van der Waals surface area contributed by atoms with Crippen LogP contribution >= 0.6 is 0 Å². The molecule has 0 amide bonds. The first kappa shape index (κ1) is 15.4. The molecular weight excluding hydrogens is 279 g/mol. The van der Waals surface area contributed by atoms with E-state index in [1.165, 1.54) is 36.2 Å². The molecular formula is C16H16F3NO. The summed E-state index contributed by atoms with van der Waals surface area (Å²) in [6, 6.07) is 12.4. The predicted molar refractivity (Wildman–Crippen MR) is 74.8 cm³/mol. The molecule has 0 bridgehead atoms. The minimum Gasteiger partial charge on any atom is -0.508 e. The van der Waals surface area contributed by atoms with E-state index in [0.29, 0.717) is 5.56 Å². The molecule has 0 aliphatic carbocycles. The minimum atomic E-state index is -4.37. The van der Waals surface area contributed by atoms with E-state index in [2.05, 4.69) is 0 Å². The van der Waals surface area contributed by atoms with Crippen LogP contribution in [0.3, 0.4) is 0 Å². The van der Waals surface area contributed by atoms with Crippen molar-refractivity contribution in [2.24, 2.45) is 0 Å². The highest BCUT2D eigenvalue weighted by Gasteiger charge is 2.43. The Balaban J connectivity index is 2.25. The van der Waals surface area contributed by atoms with E-state index in [9.17, 15) is 18.3 Å². The van der Waals surface area contributed by atoms with Gasteiger partial charge < -0.3 is 5.11 Å². The number of benzene rings is 2. The first-order valence-electron chi connectivity index (χ1n) is 6.48. The van der Waals surface area contributed by atoms with Crippen LogP contribution in [-0.2, 0) is 6.54 Å². The van der Waals surface area contributed by atoms with Crippen molar-refractivity contribution in [3.63, 3.8) is 0 Å². The van der Waals surface area contributed by atoms with Gasteiger partial charge in [-0.15, -0.1) is 0 Å². The van der Waals surface area contributed by atoms with E-state index in [1.54, 1.807) is 30.3 Å². The highest BCUT2D eigenvalue weighted by molar-refractivity contribution is 5.27. The van der Waals surface area contributed by atoms with Gasteiger partial charge in [0.1, 0.15) is 11.8 Å². The Hall–Kier alpha value is -2.01. The molecule has 112 valence electrons. The topological polar surface area (TPSA) is 23.5 Å². The molecule has 0 unspecified atom stereocenters. The molecule has 0 heterocycles. The summed E-state index contributed by atoms with van der Waals surface area (Å²) in [5.74, 6) is 0.0455. The minimum absolute atomic E-state index is 0.0455. The van der Waals surface area contributed by atoms with Crippen molar-refractivity contribution in [3.05, 3.63) is 65.7 Å². The van der Waals surface area contributed by atoms with Gasteiger partial charge in [0.25, 0.3) is 0 Å². The summed E-state index contributed by atoms with van der Waals surface area (Å²) in [6.07, 6.45) is -4.37. The third-order valence-corrected chi connectivity index (χ3v) is 3.21. The average molecular weight is 295 g/mol. The maximum atomic E-state index is 13.3. The van der Waals surface area contributed by atoms with Gasteiger partial charge in [0.05, 0.1) is 0 Å². The van der Waals surface area contributed by atoms with E-state index in [1.807, 2.05) is 0 Å². The molecule has 0 radical (unpaired) electrons. The van der Waals surface area contributed by atoms with Crippen molar-refractivity contribution in [2.45, 2.75) is 18.8 Å². The zero-order valence-electron chi connectivity index (χ0n) is 11.5. The van der Waals surface area contributed by atoms with Crippen molar-refractivity contribution in [1.82, 2.24) is 4.90 Å². The fraction of sp³-hybridized carbons (Fsp3) is 0.250. The van der Waals surface area contributed by atoms with Crippen LogP contribution in [0.15, 0.2) is 54.6 Å². The maximum Gasteiger partial charge on any atom is 0.408 e. The van der Waals surface area contributed by atoms with Crippen LogP contribution in [0.5, 0.6) is 5.75 Å². The molecule has 0 spiro atoms. The van der Waals surface area contributed by atoms with Crippen LogP contribution < -0.4 is 0 Å². The first-order valence-corrected chi connectivity index (χ1v) is 6.48. The molecule has 0 aliphatic rings. The van der Waals surface area contributed by atoms with E-state index in [-0.39, 0.29) is 17.9 Å². The number of hydrogen-bond donors (Lipinski definition) is 1. The predicted octanol–water partition coefficient (Wildman–Crippen LogP) is 4.13. The zero-order valence-corrected chi connectivity index (χ0v) is 11.5. The highest BCUT2D eigenvalue weighted by atomic mass is 19.4. The molecule has 0 saturated carbocycles. The summed E-state index contributed by atoms with van der Waals surface area (Å²) in [5, 5.41) is 9.40. The van der Waals surface area contributed by atoms with Gasteiger partial charge >= 0.3 is 6.18 Å². The second-order valence-electron chi connectivity index (χ2n) is 4.94. The van der Waals surface area contributed by atoms with Crippen LogP contribution in [0.2, 0.25) is 0 Å². The maximum absolute atomic E-state index is 13.3. The van der Waals surface area contributed by atoms with Gasteiger partial charge in [-0.05, 0) is 30.3 Å². The van der Waals surface area contributed by atoms with Gasteiger partial charge in [0.2, 0.25) is 0 Å². The van der Waals surface area contributed by atoms with Crippen LogP contribution in [-0.4, -0.2) is 23.2 Å². The van der Waals surface area contributed by atoms with Gasteiger partial charge in [0.15, 0.2) is 0 Å². The van der Waals surface area contributed by atoms with Gasteiger partial charge in [0, 0.05) is 6.54 Å². The number of rotatable bonds is 4. The number of alkyl halides is 3. The largest absolute Gasteiger partial charge is 0.508 e.